The molecule has 4 atom stereocenters. The van der Waals surface area contributed by atoms with Gasteiger partial charge in [0.25, 0.3) is 5.91 Å². The number of aliphatic hydroxyl groups is 3. The van der Waals surface area contributed by atoms with Gasteiger partial charge in [0.15, 0.2) is 29.6 Å². The molecule has 4 rings (SSSR count). The van der Waals surface area contributed by atoms with Crippen molar-refractivity contribution >= 4 is 22.9 Å². The van der Waals surface area contributed by atoms with Gasteiger partial charge in [-0.15, -0.1) is 0 Å². The monoisotopic (exact) mass is 392 g/mol. The Morgan fingerprint density at radius 3 is 2.75 bits per heavy atom. The van der Waals surface area contributed by atoms with Gasteiger partial charge in [-0.05, 0) is 32.6 Å². The number of nitrogen functional groups attached to an aromatic ring is 1. The second-order valence-electron chi connectivity index (χ2n) is 7.32. The number of aromatic nitrogens is 4. The van der Waals surface area contributed by atoms with Crippen LogP contribution in [0.1, 0.15) is 44.7 Å². The molecule has 1 aliphatic heterocycles. The van der Waals surface area contributed by atoms with E-state index in [0.29, 0.717) is 19.4 Å². The van der Waals surface area contributed by atoms with Crippen molar-refractivity contribution in [2.45, 2.75) is 62.7 Å². The first kappa shape index (κ1) is 19.0. The first-order chi connectivity index (χ1) is 13.4. The van der Waals surface area contributed by atoms with Crippen molar-refractivity contribution < 1.29 is 24.9 Å². The van der Waals surface area contributed by atoms with E-state index >= 15 is 0 Å². The van der Waals surface area contributed by atoms with Gasteiger partial charge in [0.2, 0.25) is 0 Å². The quantitative estimate of drug-likeness (QED) is 0.435. The summed E-state index contributed by atoms with van der Waals surface area (Å²) in [6, 6.07) is 0. The summed E-state index contributed by atoms with van der Waals surface area (Å²) in [5, 5.41) is 34.1. The van der Waals surface area contributed by atoms with E-state index in [1.807, 2.05) is 0 Å². The third kappa shape index (κ3) is 2.91. The highest BCUT2D eigenvalue weighted by Crippen LogP contribution is 2.38. The van der Waals surface area contributed by atoms with Crippen LogP contribution in [0.15, 0.2) is 6.33 Å². The third-order valence-corrected chi connectivity index (χ3v) is 5.42. The second kappa shape index (κ2) is 6.92. The minimum Gasteiger partial charge on any atom is -0.387 e. The van der Waals surface area contributed by atoms with Crippen LogP contribution < -0.4 is 11.1 Å². The second-order valence-corrected chi connectivity index (χ2v) is 7.32. The Labute approximate surface area is 160 Å². The lowest BCUT2D eigenvalue weighted by Gasteiger charge is -2.21. The molecule has 11 heteroatoms. The number of carbonyl (C=O) groups excluding carboxylic acids is 1. The molecular formula is C17H24N6O5. The molecule has 0 aromatic carbocycles. The molecule has 11 nitrogen and oxygen atoms in total. The van der Waals surface area contributed by atoms with E-state index < -0.39 is 36.0 Å². The minimum atomic E-state index is -1.41. The molecule has 6 N–H and O–H groups in total. The third-order valence-electron chi connectivity index (χ3n) is 5.42. The predicted octanol–water partition coefficient (Wildman–Crippen LogP) is -1.07. The van der Waals surface area contributed by atoms with Crippen LogP contribution in [0.3, 0.4) is 0 Å². The molecule has 3 heterocycles. The van der Waals surface area contributed by atoms with Crippen LogP contribution in [0.5, 0.6) is 0 Å². The highest BCUT2D eigenvalue weighted by Gasteiger charge is 2.48. The maximum Gasteiger partial charge on any atom is 0.252 e. The van der Waals surface area contributed by atoms with Crippen molar-refractivity contribution in [3.63, 3.8) is 0 Å². The zero-order valence-electron chi connectivity index (χ0n) is 15.4. The van der Waals surface area contributed by atoms with Gasteiger partial charge in [-0.3, -0.25) is 9.36 Å². The van der Waals surface area contributed by atoms with E-state index in [2.05, 4.69) is 20.3 Å². The summed E-state index contributed by atoms with van der Waals surface area (Å²) in [6.45, 7) is 2.11. The Kier molecular flexibility index (Phi) is 4.70. The lowest BCUT2D eigenvalue weighted by molar-refractivity contribution is -0.137. The van der Waals surface area contributed by atoms with Crippen molar-refractivity contribution in [2.75, 3.05) is 12.3 Å². The van der Waals surface area contributed by atoms with E-state index in [1.165, 1.54) is 10.9 Å². The summed E-state index contributed by atoms with van der Waals surface area (Å²) in [5.41, 5.74) is 5.41. The number of hydrogen-bond donors (Lipinski definition) is 5. The molecule has 2 aromatic rings. The summed E-state index contributed by atoms with van der Waals surface area (Å²) >= 11 is 0. The van der Waals surface area contributed by atoms with Crippen molar-refractivity contribution in [2.24, 2.45) is 0 Å². The number of anilines is 1. The van der Waals surface area contributed by atoms with Gasteiger partial charge in [0, 0.05) is 6.54 Å². The molecule has 1 saturated carbocycles. The fourth-order valence-electron chi connectivity index (χ4n) is 3.90. The van der Waals surface area contributed by atoms with Gasteiger partial charge in [-0.1, -0.05) is 0 Å². The fraction of sp³-hybridized carbons (Fsp3) is 0.647. The number of likely N-dealkylation sites (N-methyl/N-ethyl adjacent to an activating group) is 1. The topological polar surface area (TPSA) is 169 Å². The van der Waals surface area contributed by atoms with Crippen LogP contribution in [0.2, 0.25) is 0 Å². The molecule has 152 valence electrons. The molecule has 0 radical (unpaired) electrons. The number of nitrogens with one attached hydrogen (secondary N) is 1. The highest BCUT2D eigenvalue weighted by atomic mass is 16.6. The first-order valence-electron chi connectivity index (χ1n) is 9.38. The molecule has 1 saturated heterocycles. The molecule has 2 aliphatic rings. The van der Waals surface area contributed by atoms with Crippen molar-refractivity contribution in [1.29, 1.82) is 0 Å². The largest absolute Gasteiger partial charge is 0.387 e. The smallest absolute Gasteiger partial charge is 0.252 e. The van der Waals surface area contributed by atoms with Crippen LogP contribution in [0.25, 0.3) is 11.2 Å². The van der Waals surface area contributed by atoms with Crippen molar-refractivity contribution in [1.82, 2.24) is 24.8 Å². The number of hydrogen-bond acceptors (Lipinski definition) is 9. The Morgan fingerprint density at radius 1 is 1.36 bits per heavy atom. The molecule has 1 amide bonds. The van der Waals surface area contributed by atoms with E-state index in [0.717, 1.165) is 12.8 Å². The maximum atomic E-state index is 12.1. The lowest BCUT2D eigenvalue weighted by atomic mass is 10.0. The minimum absolute atomic E-state index is 0.104. The summed E-state index contributed by atoms with van der Waals surface area (Å²) in [5.74, 6) is -0.214. The van der Waals surface area contributed by atoms with Crippen LogP contribution in [-0.4, -0.2) is 65.6 Å². The number of carbonyl (C=O) groups is 1. The molecule has 1 aliphatic carbocycles. The van der Waals surface area contributed by atoms with E-state index in [4.69, 9.17) is 10.5 Å². The van der Waals surface area contributed by atoms with Gasteiger partial charge in [-0.25, -0.2) is 15.0 Å². The summed E-state index contributed by atoms with van der Waals surface area (Å²) in [6.07, 6.45) is -0.948. The number of rotatable bonds is 4. The van der Waals surface area contributed by atoms with E-state index in [-0.39, 0.29) is 22.8 Å². The maximum absolute atomic E-state index is 12.1. The molecular weight excluding hydrogens is 368 g/mol. The summed E-state index contributed by atoms with van der Waals surface area (Å²) in [4.78, 5) is 24.9. The normalized spacial score (nSPS) is 29.4. The molecule has 2 fully saturated rings. The van der Waals surface area contributed by atoms with Crippen LogP contribution in [0.4, 0.5) is 5.82 Å². The molecule has 2 aromatic heterocycles. The number of nitrogens with zero attached hydrogens (tertiary/aromatic N) is 4. The van der Waals surface area contributed by atoms with Crippen molar-refractivity contribution in [3.8, 4) is 0 Å². The van der Waals surface area contributed by atoms with Crippen molar-refractivity contribution in [3.05, 3.63) is 12.2 Å². The Balaban J connectivity index is 1.73. The molecule has 0 bridgehead atoms. The standard InChI is InChI=1S/C17H24N6O5/c1-2-19-14(26)11-9(24)10(25)15(28-11)23-7-20-8-12(18)21-16(22-13(8)23)17(27)5-3-4-6-17/h7,9-11,15,24-25,27H,2-6H2,1H3,(H,19,26)(H2,18,21,22)/t9?,10?,11-,15+/m0/s1. The van der Waals surface area contributed by atoms with Gasteiger partial charge in [-0.2, -0.15) is 0 Å². The number of imidazole rings is 1. The highest BCUT2D eigenvalue weighted by molar-refractivity contribution is 5.83. The van der Waals surface area contributed by atoms with E-state index in [9.17, 15) is 20.1 Å². The first-order valence-corrected chi connectivity index (χ1v) is 9.38. The summed E-state index contributed by atoms with van der Waals surface area (Å²) in [7, 11) is 0. The zero-order chi connectivity index (χ0) is 20.1. The molecule has 2 unspecified atom stereocenters. The fourth-order valence-corrected chi connectivity index (χ4v) is 3.90. The van der Waals surface area contributed by atoms with Gasteiger partial charge in [0.1, 0.15) is 23.3 Å². The Morgan fingerprint density at radius 2 is 2.07 bits per heavy atom. The molecule has 28 heavy (non-hydrogen) atoms. The van der Waals surface area contributed by atoms with Gasteiger partial charge < -0.3 is 31.1 Å². The van der Waals surface area contributed by atoms with Gasteiger partial charge in [0.05, 0.1) is 6.33 Å². The SMILES string of the molecule is CCNC(=O)[C@H]1O[C@@H](n2cnc3c(N)nc(C4(O)CCCC4)nc32)C(O)C1O. The predicted molar refractivity (Wildman–Crippen MR) is 96.7 cm³/mol. The Hall–Kier alpha value is -2.34. The van der Waals surface area contributed by atoms with Gasteiger partial charge >= 0.3 is 0 Å². The number of ether oxygens (including phenoxy) is 1. The number of fused-ring (bicyclic) bond motifs is 1. The average Bonchev–Trinajstić information content (AvgIpc) is 3.35. The number of nitrogens with two attached hydrogens (primary N) is 1. The Bertz CT molecular complexity index is 896. The van der Waals surface area contributed by atoms with Crippen LogP contribution >= 0.6 is 0 Å². The molecule has 0 spiro atoms. The van der Waals surface area contributed by atoms with Crippen LogP contribution in [-0.2, 0) is 15.1 Å². The zero-order valence-corrected chi connectivity index (χ0v) is 15.4. The number of aliphatic hydroxyl groups excluding tert-OH is 2. The van der Waals surface area contributed by atoms with Crippen LogP contribution in [0, 0.1) is 0 Å². The average molecular weight is 392 g/mol. The summed E-state index contributed by atoms with van der Waals surface area (Å²) < 4.78 is 7.04. The lowest BCUT2D eigenvalue weighted by Crippen LogP contribution is -2.42. The number of amides is 1. The van der Waals surface area contributed by atoms with E-state index in [1.54, 1.807) is 6.92 Å².